The smallest absolute Gasteiger partial charge is 0.400 e. The Balaban J connectivity index is 1.84. The van der Waals surface area contributed by atoms with Crippen molar-refractivity contribution in [3.05, 3.63) is 47.4 Å². The molecule has 0 amide bonds. The van der Waals surface area contributed by atoms with Crippen LogP contribution in [0, 0.1) is 5.92 Å². The SMILES string of the molecule is CCCCCCCC/C(=C\B1OC(C)(C)C(C)(C)O1)C(O)(c1ccccc1)C1CC1. The fraction of sp³-hybridized carbons (Fsp3) is 0.692. The summed E-state index contributed by atoms with van der Waals surface area (Å²) >= 11 is 0. The van der Waals surface area contributed by atoms with E-state index in [1.54, 1.807) is 0 Å². The number of hydrogen-bond donors (Lipinski definition) is 1. The van der Waals surface area contributed by atoms with Crippen molar-refractivity contribution in [1.82, 2.24) is 0 Å². The summed E-state index contributed by atoms with van der Waals surface area (Å²) in [7, 11) is -0.418. The first-order valence-electron chi connectivity index (χ1n) is 12.1. The molecule has 1 aliphatic carbocycles. The quantitative estimate of drug-likeness (QED) is 0.329. The fourth-order valence-electron chi connectivity index (χ4n) is 4.49. The Bertz CT molecular complexity index is 692. The van der Waals surface area contributed by atoms with Crippen molar-refractivity contribution in [2.45, 2.75) is 109 Å². The van der Waals surface area contributed by atoms with Crippen molar-refractivity contribution < 1.29 is 14.4 Å². The molecule has 0 aromatic heterocycles. The Kier molecular flexibility index (Phi) is 7.53. The Morgan fingerprint density at radius 2 is 1.57 bits per heavy atom. The second kappa shape index (κ2) is 9.59. The molecule has 1 saturated heterocycles. The van der Waals surface area contributed by atoms with Gasteiger partial charge in [0.15, 0.2) is 0 Å². The van der Waals surface area contributed by atoms with Crippen LogP contribution in [0.1, 0.15) is 98.0 Å². The van der Waals surface area contributed by atoms with Crippen LogP contribution in [-0.2, 0) is 14.9 Å². The summed E-state index contributed by atoms with van der Waals surface area (Å²) in [6.07, 6.45) is 10.5. The number of benzene rings is 1. The second-order valence-electron chi connectivity index (χ2n) is 10.2. The number of hydrogen-bond acceptors (Lipinski definition) is 3. The van der Waals surface area contributed by atoms with E-state index in [1.807, 2.05) is 18.2 Å². The molecule has 1 aromatic carbocycles. The van der Waals surface area contributed by atoms with Gasteiger partial charge < -0.3 is 14.4 Å². The third-order valence-electron chi connectivity index (χ3n) is 7.28. The molecule has 2 fully saturated rings. The van der Waals surface area contributed by atoms with E-state index < -0.39 is 12.7 Å². The standard InChI is InChI=1S/C26H41BO3/c1-6-7-8-9-10-12-17-23(20-27-29-24(2,3)25(4,5)30-27)26(28,22-18-19-22)21-15-13-11-14-16-21/h11,13-16,20,22,28H,6-10,12,17-19H2,1-5H3/b23-20+. The van der Waals surface area contributed by atoms with E-state index in [9.17, 15) is 5.11 Å². The molecule has 30 heavy (non-hydrogen) atoms. The zero-order valence-corrected chi connectivity index (χ0v) is 19.7. The van der Waals surface area contributed by atoms with Gasteiger partial charge in [0.2, 0.25) is 0 Å². The third-order valence-corrected chi connectivity index (χ3v) is 7.28. The molecule has 1 atom stereocenters. The monoisotopic (exact) mass is 412 g/mol. The van der Waals surface area contributed by atoms with Crippen molar-refractivity contribution in [1.29, 1.82) is 0 Å². The van der Waals surface area contributed by atoms with E-state index in [2.05, 4.69) is 52.7 Å². The number of unbranched alkanes of at least 4 members (excludes halogenated alkanes) is 5. The molecule has 1 heterocycles. The van der Waals surface area contributed by atoms with Crippen LogP contribution < -0.4 is 0 Å². The predicted octanol–water partition coefficient (Wildman–Crippen LogP) is 6.59. The van der Waals surface area contributed by atoms with E-state index in [0.717, 1.165) is 36.8 Å². The molecule has 3 rings (SSSR count). The van der Waals surface area contributed by atoms with E-state index in [1.165, 1.54) is 32.1 Å². The molecule has 1 N–H and O–H groups in total. The van der Waals surface area contributed by atoms with Crippen LogP contribution in [0.25, 0.3) is 0 Å². The highest BCUT2D eigenvalue weighted by atomic mass is 16.7. The second-order valence-corrected chi connectivity index (χ2v) is 10.2. The van der Waals surface area contributed by atoms with Crippen LogP contribution in [0.5, 0.6) is 0 Å². The van der Waals surface area contributed by atoms with E-state index in [4.69, 9.17) is 9.31 Å². The van der Waals surface area contributed by atoms with Crippen molar-refractivity contribution in [3.8, 4) is 0 Å². The van der Waals surface area contributed by atoms with Gasteiger partial charge >= 0.3 is 7.12 Å². The summed E-state index contributed by atoms with van der Waals surface area (Å²) in [6, 6.07) is 10.2. The minimum atomic E-state index is -0.922. The summed E-state index contributed by atoms with van der Waals surface area (Å²) in [4.78, 5) is 0. The van der Waals surface area contributed by atoms with Gasteiger partial charge in [-0.1, -0.05) is 75.3 Å². The fourth-order valence-corrected chi connectivity index (χ4v) is 4.49. The number of rotatable bonds is 11. The van der Waals surface area contributed by atoms with Crippen LogP contribution in [0.3, 0.4) is 0 Å². The molecule has 1 unspecified atom stereocenters. The first-order valence-corrected chi connectivity index (χ1v) is 12.1. The average Bonchev–Trinajstić information content (AvgIpc) is 3.51. The van der Waals surface area contributed by atoms with E-state index in [0.29, 0.717) is 0 Å². The first-order chi connectivity index (χ1) is 14.2. The molecular weight excluding hydrogens is 371 g/mol. The summed E-state index contributed by atoms with van der Waals surface area (Å²) in [6.45, 7) is 10.6. The van der Waals surface area contributed by atoms with Crippen LogP contribution in [0.4, 0.5) is 0 Å². The van der Waals surface area contributed by atoms with Crippen molar-refractivity contribution in [2.24, 2.45) is 5.92 Å². The van der Waals surface area contributed by atoms with Gasteiger partial charge in [-0.2, -0.15) is 0 Å². The highest BCUT2D eigenvalue weighted by molar-refractivity contribution is 6.51. The maximum absolute atomic E-state index is 12.1. The molecule has 3 nitrogen and oxygen atoms in total. The largest absolute Gasteiger partial charge is 0.487 e. The van der Waals surface area contributed by atoms with Gasteiger partial charge in [0.05, 0.1) is 11.2 Å². The molecule has 1 saturated carbocycles. The molecule has 166 valence electrons. The van der Waals surface area contributed by atoms with Crippen LogP contribution >= 0.6 is 0 Å². The van der Waals surface area contributed by atoms with Gasteiger partial charge in [-0.25, -0.2) is 0 Å². The highest BCUT2D eigenvalue weighted by Crippen LogP contribution is 2.51. The lowest BCUT2D eigenvalue weighted by Gasteiger charge is -2.33. The van der Waals surface area contributed by atoms with E-state index in [-0.39, 0.29) is 17.1 Å². The molecule has 1 aliphatic heterocycles. The van der Waals surface area contributed by atoms with Crippen molar-refractivity contribution in [2.75, 3.05) is 0 Å². The van der Waals surface area contributed by atoms with E-state index >= 15 is 0 Å². The molecule has 4 heteroatoms. The molecular formula is C26H41BO3. The minimum absolute atomic E-state index is 0.286. The lowest BCUT2D eigenvalue weighted by Crippen LogP contribution is -2.41. The van der Waals surface area contributed by atoms with Crippen LogP contribution in [0.2, 0.25) is 0 Å². The summed E-state index contributed by atoms with van der Waals surface area (Å²) in [5.74, 6) is 2.38. The molecule has 1 aromatic rings. The van der Waals surface area contributed by atoms with Crippen LogP contribution in [-0.4, -0.2) is 23.4 Å². The van der Waals surface area contributed by atoms with Gasteiger partial charge in [-0.3, -0.25) is 0 Å². The Labute approximate surface area is 184 Å². The topological polar surface area (TPSA) is 38.7 Å². The lowest BCUT2D eigenvalue weighted by molar-refractivity contribution is 0.00578. The zero-order valence-electron chi connectivity index (χ0n) is 19.7. The van der Waals surface area contributed by atoms with Gasteiger partial charge in [0.1, 0.15) is 5.60 Å². The molecule has 2 aliphatic rings. The first kappa shape index (κ1) is 23.6. The molecule has 0 radical (unpaired) electrons. The predicted molar refractivity (Wildman–Crippen MR) is 125 cm³/mol. The molecule has 0 spiro atoms. The highest BCUT2D eigenvalue weighted by Gasteiger charge is 2.52. The van der Waals surface area contributed by atoms with Gasteiger partial charge in [0, 0.05) is 0 Å². The zero-order chi connectivity index (χ0) is 21.8. The van der Waals surface area contributed by atoms with Crippen molar-refractivity contribution >= 4 is 7.12 Å². The average molecular weight is 412 g/mol. The lowest BCUT2D eigenvalue weighted by atomic mass is 9.74. The Morgan fingerprint density at radius 3 is 2.13 bits per heavy atom. The minimum Gasteiger partial charge on any atom is -0.400 e. The summed E-state index contributed by atoms with van der Waals surface area (Å²) < 4.78 is 12.6. The third kappa shape index (κ3) is 5.20. The van der Waals surface area contributed by atoms with Crippen molar-refractivity contribution in [3.63, 3.8) is 0 Å². The van der Waals surface area contributed by atoms with Gasteiger partial charge in [-0.05, 0) is 70.4 Å². The van der Waals surface area contributed by atoms with Crippen LogP contribution in [0.15, 0.2) is 41.9 Å². The molecule has 0 bridgehead atoms. The Morgan fingerprint density at radius 1 is 1.00 bits per heavy atom. The maximum Gasteiger partial charge on any atom is 0.487 e. The normalized spacial score (nSPS) is 22.9. The number of aliphatic hydroxyl groups is 1. The summed E-state index contributed by atoms with van der Waals surface area (Å²) in [5, 5.41) is 12.1. The van der Waals surface area contributed by atoms with Gasteiger partial charge in [0.25, 0.3) is 0 Å². The Hall–Kier alpha value is -1.10. The summed E-state index contributed by atoms with van der Waals surface area (Å²) in [5.41, 5.74) is 0.411. The maximum atomic E-state index is 12.1. The van der Waals surface area contributed by atoms with Gasteiger partial charge in [-0.15, -0.1) is 0 Å².